The van der Waals surface area contributed by atoms with Crippen LogP contribution in [0.15, 0.2) is 18.2 Å². The number of nitro benzene ring substituents is 1. The minimum absolute atomic E-state index is 0.0631. The van der Waals surface area contributed by atoms with Crippen LogP contribution in [0.3, 0.4) is 0 Å². The van der Waals surface area contributed by atoms with Crippen LogP contribution in [0, 0.1) is 10.1 Å². The number of imide groups is 1. The first-order valence-corrected chi connectivity index (χ1v) is 6.30. The number of halogens is 1. The summed E-state index contributed by atoms with van der Waals surface area (Å²) in [7, 11) is 0. The van der Waals surface area contributed by atoms with Gasteiger partial charge < -0.3 is 9.47 Å². The maximum absolute atomic E-state index is 11.8. The van der Waals surface area contributed by atoms with Crippen molar-refractivity contribution < 1.29 is 28.8 Å². The van der Waals surface area contributed by atoms with Gasteiger partial charge in [-0.15, -0.1) is 0 Å². The van der Waals surface area contributed by atoms with Gasteiger partial charge in [-0.1, -0.05) is 11.6 Å². The predicted octanol–water partition coefficient (Wildman–Crippen LogP) is 1.68. The van der Waals surface area contributed by atoms with Crippen molar-refractivity contribution in [3.8, 4) is 0 Å². The number of alkyl carbamates (subject to hydrolysis) is 1. The molecule has 0 aromatic heterocycles. The number of nitrogens with zero attached hydrogens (tertiary/aromatic N) is 1. The first-order chi connectivity index (χ1) is 10.3. The van der Waals surface area contributed by atoms with Crippen molar-refractivity contribution in [1.29, 1.82) is 0 Å². The second-order valence-electron chi connectivity index (χ2n) is 3.76. The van der Waals surface area contributed by atoms with Gasteiger partial charge >= 0.3 is 12.1 Å². The van der Waals surface area contributed by atoms with E-state index in [0.717, 1.165) is 12.1 Å². The largest absolute Gasteiger partial charge is 0.452 e. The van der Waals surface area contributed by atoms with Gasteiger partial charge in [0.15, 0.2) is 6.61 Å². The van der Waals surface area contributed by atoms with Gasteiger partial charge in [0.2, 0.25) is 0 Å². The minimum atomic E-state index is -1.12. The fourth-order valence-corrected chi connectivity index (χ4v) is 1.53. The van der Waals surface area contributed by atoms with Crippen LogP contribution >= 0.6 is 11.6 Å². The zero-order chi connectivity index (χ0) is 16.7. The van der Waals surface area contributed by atoms with Gasteiger partial charge in [0.05, 0.1) is 11.5 Å². The fourth-order valence-electron chi connectivity index (χ4n) is 1.36. The molecule has 1 aromatic carbocycles. The quantitative estimate of drug-likeness (QED) is 0.494. The third-order valence-corrected chi connectivity index (χ3v) is 2.46. The third kappa shape index (κ3) is 5.02. The Balaban J connectivity index is 2.70. The molecule has 118 valence electrons. The number of rotatable bonds is 5. The summed E-state index contributed by atoms with van der Waals surface area (Å²) < 4.78 is 9.05. The van der Waals surface area contributed by atoms with Crippen LogP contribution in [0.4, 0.5) is 10.5 Å². The molecule has 0 heterocycles. The summed E-state index contributed by atoms with van der Waals surface area (Å²) in [5.74, 6) is -2.05. The molecular weight excluding hydrogens is 320 g/mol. The van der Waals surface area contributed by atoms with Crippen molar-refractivity contribution in [2.75, 3.05) is 13.2 Å². The Kier molecular flexibility index (Phi) is 6.26. The highest BCUT2D eigenvalue weighted by molar-refractivity contribution is 6.31. The monoisotopic (exact) mass is 330 g/mol. The number of nitrogens with one attached hydrogen (secondary N) is 1. The summed E-state index contributed by atoms with van der Waals surface area (Å²) in [5, 5.41) is 12.7. The van der Waals surface area contributed by atoms with Crippen LogP contribution in [0.25, 0.3) is 0 Å². The molecule has 1 N–H and O–H groups in total. The number of hydrogen-bond donors (Lipinski definition) is 1. The predicted molar refractivity (Wildman–Crippen MR) is 73.6 cm³/mol. The third-order valence-electron chi connectivity index (χ3n) is 2.23. The zero-order valence-corrected chi connectivity index (χ0v) is 12.1. The van der Waals surface area contributed by atoms with Gasteiger partial charge in [-0.3, -0.25) is 20.2 Å². The lowest BCUT2D eigenvalue weighted by molar-refractivity contribution is -0.385. The van der Waals surface area contributed by atoms with Crippen molar-refractivity contribution in [3.05, 3.63) is 38.9 Å². The van der Waals surface area contributed by atoms with Crippen LogP contribution in [0.1, 0.15) is 17.3 Å². The van der Waals surface area contributed by atoms with Crippen LogP contribution in [-0.2, 0) is 14.3 Å². The van der Waals surface area contributed by atoms with Crippen molar-refractivity contribution in [1.82, 2.24) is 5.32 Å². The summed E-state index contributed by atoms with van der Waals surface area (Å²) in [4.78, 5) is 44.0. The smallest absolute Gasteiger partial charge is 0.413 e. The summed E-state index contributed by atoms with van der Waals surface area (Å²) in [5.41, 5.74) is -0.915. The molecule has 0 radical (unpaired) electrons. The van der Waals surface area contributed by atoms with E-state index in [0.29, 0.717) is 0 Å². The van der Waals surface area contributed by atoms with Gasteiger partial charge in [-0.2, -0.15) is 0 Å². The maximum Gasteiger partial charge on any atom is 0.413 e. The van der Waals surface area contributed by atoms with Gasteiger partial charge in [0.25, 0.3) is 11.6 Å². The standard InChI is InChI=1S/C12H11ClN2O7/c1-2-21-12(18)14-10(16)6-22-11(17)8-5-7(13)3-4-9(8)15(19)20/h3-5H,2,6H2,1H3,(H,14,16,18). The summed E-state index contributed by atoms with van der Waals surface area (Å²) in [6, 6.07) is 3.33. The Hall–Kier alpha value is -2.68. The number of carbonyl (C=O) groups is 3. The van der Waals surface area contributed by atoms with E-state index >= 15 is 0 Å². The molecule has 9 nitrogen and oxygen atoms in total. The van der Waals surface area contributed by atoms with Crippen LogP contribution in [-0.4, -0.2) is 36.1 Å². The molecule has 0 spiro atoms. The summed E-state index contributed by atoms with van der Waals surface area (Å²) in [6.07, 6.45) is -0.989. The molecule has 0 aliphatic carbocycles. The van der Waals surface area contributed by atoms with Gasteiger partial charge in [0, 0.05) is 11.1 Å². The molecule has 0 saturated carbocycles. The normalized spacial score (nSPS) is 9.73. The summed E-state index contributed by atoms with van der Waals surface area (Å²) >= 11 is 5.66. The highest BCUT2D eigenvalue weighted by Gasteiger charge is 2.22. The number of benzene rings is 1. The van der Waals surface area contributed by atoms with Crippen LogP contribution in [0.2, 0.25) is 5.02 Å². The maximum atomic E-state index is 11.8. The molecule has 0 aliphatic heterocycles. The van der Waals surface area contributed by atoms with E-state index in [1.807, 2.05) is 0 Å². The summed E-state index contributed by atoms with van der Waals surface area (Å²) in [6.45, 7) is 0.803. The second-order valence-corrected chi connectivity index (χ2v) is 4.20. The lowest BCUT2D eigenvalue weighted by Crippen LogP contribution is -2.34. The van der Waals surface area contributed by atoms with E-state index in [1.165, 1.54) is 6.07 Å². The van der Waals surface area contributed by atoms with Crippen molar-refractivity contribution in [2.24, 2.45) is 0 Å². The zero-order valence-electron chi connectivity index (χ0n) is 11.3. The van der Waals surface area contributed by atoms with E-state index in [1.54, 1.807) is 12.2 Å². The molecular formula is C12H11ClN2O7. The van der Waals surface area contributed by atoms with Crippen molar-refractivity contribution >= 4 is 35.3 Å². The van der Waals surface area contributed by atoms with Gasteiger partial charge in [0.1, 0.15) is 5.56 Å². The Morgan fingerprint density at radius 1 is 1.32 bits per heavy atom. The van der Waals surface area contributed by atoms with Crippen LogP contribution in [0.5, 0.6) is 0 Å². The lowest BCUT2D eigenvalue weighted by atomic mass is 10.2. The highest BCUT2D eigenvalue weighted by Crippen LogP contribution is 2.23. The Morgan fingerprint density at radius 3 is 2.59 bits per heavy atom. The molecule has 22 heavy (non-hydrogen) atoms. The first kappa shape index (κ1) is 17.4. The Labute approximate surface area is 129 Å². The number of esters is 1. The van der Waals surface area contributed by atoms with Crippen LogP contribution < -0.4 is 5.32 Å². The number of carbonyl (C=O) groups excluding carboxylic acids is 3. The number of nitro groups is 1. The van der Waals surface area contributed by atoms with E-state index < -0.39 is 40.8 Å². The molecule has 1 aromatic rings. The van der Waals surface area contributed by atoms with E-state index in [9.17, 15) is 24.5 Å². The average molecular weight is 331 g/mol. The lowest BCUT2D eigenvalue weighted by Gasteiger charge is -2.06. The first-order valence-electron chi connectivity index (χ1n) is 5.92. The molecule has 0 aliphatic rings. The van der Waals surface area contributed by atoms with Crippen molar-refractivity contribution in [2.45, 2.75) is 6.92 Å². The SMILES string of the molecule is CCOC(=O)NC(=O)COC(=O)c1cc(Cl)ccc1[N+](=O)[O-]. The van der Waals surface area contributed by atoms with E-state index in [-0.39, 0.29) is 11.6 Å². The Bertz CT molecular complexity index is 617. The molecule has 0 saturated heterocycles. The van der Waals surface area contributed by atoms with Crippen molar-refractivity contribution in [3.63, 3.8) is 0 Å². The van der Waals surface area contributed by atoms with Gasteiger partial charge in [-0.25, -0.2) is 9.59 Å². The molecule has 10 heteroatoms. The minimum Gasteiger partial charge on any atom is -0.452 e. The molecule has 0 fully saturated rings. The Morgan fingerprint density at radius 2 is 2.00 bits per heavy atom. The van der Waals surface area contributed by atoms with E-state index in [4.69, 9.17) is 11.6 Å². The number of ether oxygens (including phenoxy) is 2. The molecule has 0 bridgehead atoms. The van der Waals surface area contributed by atoms with E-state index in [2.05, 4.69) is 9.47 Å². The topological polar surface area (TPSA) is 125 Å². The second kappa shape index (κ2) is 7.93. The molecule has 1 rings (SSSR count). The highest BCUT2D eigenvalue weighted by atomic mass is 35.5. The molecule has 2 amide bonds. The number of hydrogen-bond acceptors (Lipinski definition) is 7. The fraction of sp³-hybridized carbons (Fsp3) is 0.250. The average Bonchev–Trinajstić information content (AvgIpc) is 2.44. The molecule has 0 atom stereocenters. The van der Waals surface area contributed by atoms with Gasteiger partial charge in [-0.05, 0) is 19.1 Å². The number of amides is 2. The molecule has 0 unspecified atom stereocenters.